The molecule has 0 unspecified atom stereocenters. The third-order valence-electron chi connectivity index (χ3n) is 4.34. The molecule has 2 aromatic carbocycles. The van der Waals surface area contributed by atoms with Crippen molar-refractivity contribution in [1.29, 1.82) is 0 Å². The summed E-state index contributed by atoms with van der Waals surface area (Å²) in [6, 6.07) is 12.3. The predicted molar refractivity (Wildman–Crippen MR) is 98.4 cm³/mol. The second-order valence-electron chi connectivity index (χ2n) is 5.96. The minimum absolute atomic E-state index is 0.0340. The minimum Gasteiger partial charge on any atom is -0.478 e. The van der Waals surface area contributed by atoms with Gasteiger partial charge in [-0.2, -0.15) is 0 Å². The molecule has 1 N–H and O–H groups in total. The number of aromatic carboxylic acids is 1. The Morgan fingerprint density at radius 1 is 1.12 bits per heavy atom. The predicted octanol–water partition coefficient (Wildman–Crippen LogP) is 3.34. The molecule has 0 fully saturated rings. The van der Waals surface area contributed by atoms with E-state index in [0.717, 1.165) is 10.9 Å². The summed E-state index contributed by atoms with van der Waals surface area (Å²) in [6.07, 6.45) is 0.553. The van der Waals surface area contributed by atoms with E-state index in [-0.39, 0.29) is 17.0 Å². The van der Waals surface area contributed by atoms with Crippen molar-refractivity contribution < 1.29 is 18.3 Å². The fourth-order valence-electron chi connectivity index (χ4n) is 3.04. The molecule has 1 aliphatic rings. The molecule has 0 atom stereocenters. The first-order chi connectivity index (χ1) is 12.4. The van der Waals surface area contributed by atoms with Crippen LogP contribution in [-0.4, -0.2) is 31.0 Å². The molecule has 6 nitrogen and oxygen atoms in total. The monoisotopic (exact) mass is 388 g/mol. The SMILES string of the molecule is O=C(O)c1ccc(S(=O)(=O)N2CCc3cc4cc(Cl)ccc4nc32)cc1. The van der Waals surface area contributed by atoms with Crippen molar-refractivity contribution >= 4 is 44.3 Å². The molecule has 3 aromatic rings. The second-order valence-corrected chi connectivity index (χ2v) is 8.26. The Balaban J connectivity index is 1.78. The molecule has 4 rings (SSSR count). The summed E-state index contributed by atoms with van der Waals surface area (Å²) in [5.74, 6) is -0.700. The number of benzene rings is 2. The third-order valence-corrected chi connectivity index (χ3v) is 6.38. The molecule has 2 heterocycles. The van der Waals surface area contributed by atoms with Crippen LogP contribution >= 0.6 is 11.6 Å². The van der Waals surface area contributed by atoms with E-state index in [1.165, 1.54) is 28.6 Å². The minimum atomic E-state index is -3.82. The van der Waals surface area contributed by atoms with Crippen LogP contribution in [0.1, 0.15) is 15.9 Å². The van der Waals surface area contributed by atoms with Gasteiger partial charge in [0.05, 0.1) is 16.0 Å². The molecule has 0 saturated carbocycles. The maximum atomic E-state index is 13.0. The summed E-state index contributed by atoms with van der Waals surface area (Å²) in [4.78, 5) is 15.5. The Bertz CT molecular complexity index is 1140. The van der Waals surface area contributed by atoms with Gasteiger partial charge in [-0.25, -0.2) is 22.5 Å². The number of carbonyl (C=O) groups is 1. The van der Waals surface area contributed by atoms with E-state index in [4.69, 9.17) is 16.7 Å². The van der Waals surface area contributed by atoms with Gasteiger partial charge in [-0.1, -0.05) is 11.6 Å². The Morgan fingerprint density at radius 3 is 2.54 bits per heavy atom. The number of halogens is 1. The molecule has 1 aliphatic heterocycles. The van der Waals surface area contributed by atoms with Crippen molar-refractivity contribution in [3.05, 3.63) is 64.7 Å². The molecule has 8 heteroatoms. The molecule has 0 aliphatic carbocycles. The number of nitrogens with zero attached hydrogens (tertiary/aromatic N) is 2. The molecule has 132 valence electrons. The average molecular weight is 389 g/mol. The van der Waals surface area contributed by atoms with Gasteiger partial charge in [-0.3, -0.25) is 0 Å². The Labute approximate surface area is 154 Å². The molecule has 0 radical (unpaired) electrons. The number of rotatable bonds is 3. The van der Waals surface area contributed by atoms with E-state index in [1.807, 2.05) is 6.07 Å². The van der Waals surface area contributed by atoms with Gasteiger partial charge in [0.2, 0.25) is 0 Å². The normalized spacial score (nSPS) is 13.8. The Hall–Kier alpha value is -2.64. The topological polar surface area (TPSA) is 87.6 Å². The number of fused-ring (bicyclic) bond motifs is 2. The second kappa shape index (κ2) is 5.96. The van der Waals surface area contributed by atoms with Gasteiger partial charge >= 0.3 is 5.97 Å². The van der Waals surface area contributed by atoms with Crippen LogP contribution in [0.3, 0.4) is 0 Å². The summed E-state index contributed by atoms with van der Waals surface area (Å²) >= 11 is 6.01. The summed E-state index contributed by atoms with van der Waals surface area (Å²) < 4.78 is 27.2. The molecule has 0 spiro atoms. The van der Waals surface area contributed by atoms with Gasteiger partial charge in [0.1, 0.15) is 5.82 Å². The lowest BCUT2D eigenvalue weighted by Crippen LogP contribution is -2.29. The van der Waals surface area contributed by atoms with Gasteiger partial charge in [0, 0.05) is 17.0 Å². The van der Waals surface area contributed by atoms with Crippen molar-refractivity contribution in [2.24, 2.45) is 0 Å². The van der Waals surface area contributed by atoms with E-state index in [1.54, 1.807) is 18.2 Å². The zero-order valence-electron chi connectivity index (χ0n) is 13.4. The van der Waals surface area contributed by atoms with Crippen LogP contribution in [-0.2, 0) is 16.4 Å². The van der Waals surface area contributed by atoms with Crippen molar-refractivity contribution in [3.63, 3.8) is 0 Å². The van der Waals surface area contributed by atoms with Crippen LogP contribution in [0.25, 0.3) is 10.9 Å². The van der Waals surface area contributed by atoms with Crippen LogP contribution < -0.4 is 4.31 Å². The molecule has 0 amide bonds. The summed E-state index contributed by atoms with van der Waals surface area (Å²) in [5.41, 5.74) is 1.54. The van der Waals surface area contributed by atoms with Crippen LogP contribution in [0.5, 0.6) is 0 Å². The number of sulfonamides is 1. The molecule has 0 saturated heterocycles. The van der Waals surface area contributed by atoms with Gasteiger partial charge in [-0.15, -0.1) is 0 Å². The smallest absolute Gasteiger partial charge is 0.335 e. The first-order valence-corrected chi connectivity index (χ1v) is 9.63. The van der Waals surface area contributed by atoms with E-state index in [9.17, 15) is 13.2 Å². The highest BCUT2D eigenvalue weighted by Crippen LogP contribution is 2.34. The van der Waals surface area contributed by atoms with Gasteiger partial charge in [0.25, 0.3) is 10.0 Å². The Morgan fingerprint density at radius 2 is 1.85 bits per heavy atom. The number of hydrogen-bond donors (Lipinski definition) is 1. The van der Waals surface area contributed by atoms with E-state index in [0.29, 0.717) is 22.8 Å². The summed E-state index contributed by atoms with van der Waals surface area (Å²) in [6.45, 7) is 0.287. The molecule has 0 bridgehead atoms. The van der Waals surface area contributed by atoms with Gasteiger partial charge in [0.15, 0.2) is 0 Å². The van der Waals surface area contributed by atoms with Crippen LogP contribution in [0.4, 0.5) is 5.82 Å². The zero-order chi connectivity index (χ0) is 18.5. The summed E-state index contributed by atoms with van der Waals surface area (Å²) in [7, 11) is -3.82. The lowest BCUT2D eigenvalue weighted by molar-refractivity contribution is 0.0696. The maximum absolute atomic E-state index is 13.0. The molecular formula is C18H13ClN2O4S. The van der Waals surface area contributed by atoms with Crippen molar-refractivity contribution in [2.45, 2.75) is 11.3 Å². The first-order valence-electron chi connectivity index (χ1n) is 7.81. The zero-order valence-corrected chi connectivity index (χ0v) is 15.0. The number of aromatic nitrogens is 1. The van der Waals surface area contributed by atoms with E-state index >= 15 is 0 Å². The average Bonchev–Trinajstić information content (AvgIpc) is 3.03. The van der Waals surface area contributed by atoms with Crippen molar-refractivity contribution in [2.75, 3.05) is 10.8 Å². The summed E-state index contributed by atoms with van der Waals surface area (Å²) in [5, 5.41) is 10.4. The standard InChI is InChI=1S/C18H13ClN2O4S/c19-14-3-6-16-13(10-14)9-12-7-8-21(17(12)20-16)26(24,25)15-4-1-11(2-5-15)18(22)23/h1-6,9-10H,7-8H2,(H,22,23). The highest BCUT2D eigenvalue weighted by atomic mass is 35.5. The fraction of sp³-hybridized carbons (Fsp3) is 0.111. The lowest BCUT2D eigenvalue weighted by Gasteiger charge is -2.19. The highest BCUT2D eigenvalue weighted by molar-refractivity contribution is 7.92. The molecular weight excluding hydrogens is 376 g/mol. The maximum Gasteiger partial charge on any atom is 0.335 e. The van der Waals surface area contributed by atoms with Crippen LogP contribution in [0.15, 0.2) is 53.4 Å². The van der Waals surface area contributed by atoms with Crippen molar-refractivity contribution in [1.82, 2.24) is 4.98 Å². The highest BCUT2D eigenvalue weighted by Gasteiger charge is 2.32. The van der Waals surface area contributed by atoms with Crippen LogP contribution in [0, 0.1) is 0 Å². The van der Waals surface area contributed by atoms with Crippen molar-refractivity contribution in [3.8, 4) is 0 Å². The number of carboxylic acid groups (broad SMARTS) is 1. The third kappa shape index (κ3) is 2.69. The van der Waals surface area contributed by atoms with E-state index in [2.05, 4.69) is 4.98 Å². The largest absolute Gasteiger partial charge is 0.478 e. The fourth-order valence-corrected chi connectivity index (χ4v) is 4.67. The van der Waals surface area contributed by atoms with E-state index < -0.39 is 16.0 Å². The quantitative estimate of drug-likeness (QED) is 0.743. The lowest BCUT2D eigenvalue weighted by atomic mass is 10.1. The molecule has 1 aromatic heterocycles. The number of pyridine rings is 1. The number of anilines is 1. The molecule has 26 heavy (non-hydrogen) atoms. The Kier molecular flexibility index (Phi) is 3.86. The first kappa shape index (κ1) is 16.8. The number of hydrogen-bond acceptors (Lipinski definition) is 4. The van der Waals surface area contributed by atoms with Gasteiger partial charge in [-0.05, 0) is 60.5 Å². The van der Waals surface area contributed by atoms with Gasteiger partial charge < -0.3 is 5.11 Å². The van der Waals surface area contributed by atoms with Crippen LogP contribution in [0.2, 0.25) is 5.02 Å². The number of carboxylic acids is 1.